The highest BCUT2D eigenvalue weighted by Crippen LogP contribution is 2.33. The van der Waals surface area contributed by atoms with E-state index < -0.39 is 0 Å². The Labute approximate surface area is 169 Å². The van der Waals surface area contributed by atoms with E-state index in [4.69, 9.17) is 17.0 Å². The van der Waals surface area contributed by atoms with Crippen LogP contribution in [0.5, 0.6) is 5.75 Å². The maximum absolute atomic E-state index is 12.3. The van der Waals surface area contributed by atoms with Crippen LogP contribution in [0.4, 0.5) is 11.4 Å². The predicted octanol–water partition coefficient (Wildman–Crippen LogP) is 5.07. The van der Waals surface area contributed by atoms with Gasteiger partial charge in [-0.1, -0.05) is 36.1 Å². The van der Waals surface area contributed by atoms with Crippen molar-refractivity contribution in [3.8, 4) is 5.75 Å². The quantitative estimate of drug-likeness (QED) is 0.501. The summed E-state index contributed by atoms with van der Waals surface area (Å²) in [6, 6.07) is 16.1. The van der Waals surface area contributed by atoms with E-state index in [1.807, 2.05) is 75.5 Å². The lowest BCUT2D eigenvalue weighted by molar-refractivity contribution is -0.121. The van der Waals surface area contributed by atoms with E-state index in [2.05, 4.69) is 4.90 Å². The summed E-state index contributed by atoms with van der Waals surface area (Å²) in [6.45, 7) is 5.17. The Balaban J connectivity index is 1.74. The number of carbonyl (C=O) groups excluding carboxylic acids is 1. The maximum Gasteiger partial charge on any atom is 0.266 e. The van der Waals surface area contributed by atoms with Gasteiger partial charge in [-0.25, -0.2) is 0 Å². The predicted molar refractivity (Wildman–Crippen MR) is 118 cm³/mol. The van der Waals surface area contributed by atoms with Gasteiger partial charge in [0.05, 0.1) is 11.5 Å². The number of rotatable bonds is 6. The number of thiocarbonyl (C=S) groups is 1. The van der Waals surface area contributed by atoms with E-state index in [-0.39, 0.29) is 5.91 Å². The summed E-state index contributed by atoms with van der Waals surface area (Å²) in [6.07, 6.45) is 1.90. The third-order valence-electron chi connectivity index (χ3n) is 4.30. The van der Waals surface area contributed by atoms with E-state index in [9.17, 15) is 4.79 Å². The summed E-state index contributed by atoms with van der Waals surface area (Å²) < 4.78 is 6.12. The summed E-state index contributed by atoms with van der Waals surface area (Å²) in [4.78, 5) is 16.7. The van der Waals surface area contributed by atoms with Gasteiger partial charge in [-0.05, 0) is 61.9 Å². The summed E-state index contributed by atoms with van der Waals surface area (Å²) in [5, 5.41) is 0. The molecule has 0 aliphatic carbocycles. The zero-order valence-corrected chi connectivity index (χ0v) is 17.3. The van der Waals surface area contributed by atoms with Crippen LogP contribution in [-0.4, -0.2) is 35.3 Å². The molecule has 3 rings (SSSR count). The number of anilines is 2. The minimum Gasteiger partial charge on any atom is -0.494 e. The van der Waals surface area contributed by atoms with Crippen molar-refractivity contribution >= 4 is 51.7 Å². The first-order valence-electron chi connectivity index (χ1n) is 8.85. The second kappa shape index (κ2) is 8.59. The average molecular weight is 399 g/mol. The van der Waals surface area contributed by atoms with Crippen molar-refractivity contribution in [1.29, 1.82) is 0 Å². The molecule has 140 valence electrons. The van der Waals surface area contributed by atoms with Crippen LogP contribution in [0.2, 0.25) is 0 Å². The molecule has 0 unspecified atom stereocenters. The molecule has 0 bridgehead atoms. The molecule has 0 spiro atoms. The van der Waals surface area contributed by atoms with Crippen LogP contribution in [0.25, 0.3) is 6.08 Å². The molecule has 27 heavy (non-hydrogen) atoms. The first-order valence-corrected chi connectivity index (χ1v) is 10.1. The number of ether oxygens (including phenoxy) is 1. The number of carbonyl (C=O) groups is 1. The SMILES string of the molecule is CCOc1ccc(N(C)c2ccc(/C=C3/SC(=S)N(CC)C3=O)cc2)cc1. The van der Waals surface area contributed by atoms with Gasteiger partial charge in [-0.2, -0.15) is 0 Å². The van der Waals surface area contributed by atoms with E-state index >= 15 is 0 Å². The lowest BCUT2D eigenvalue weighted by Gasteiger charge is -2.20. The zero-order chi connectivity index (χ0) is 19.4. The molecule has 4 nitrogen and oxygen atoms in total. The van der Waals surface area contributed by atoms with Gasteiger partial charge in [0, 0.05) is 25.0 Å². The Morgan fingerprint density at radius 1 is 1.07 bits per heavy atom. The highest BCUT2D eigenvalue weighted by atomic mass is 32.2. The van der Waals surface area contributed by atoms with Gasteiger partial charge >= 0.3 is 0 Å². The molecule has 2 aromatic carbocycles. The van der Waals surface area contributed by atoms with Crippen molar-refractivity contribution in [3.05, 3.63) is 59.0 Å². The molecular formula is C21H22N2O2S2. The Bertz CT molecular complexity index is 861. The molecule has 6 heteroatoms. The molecule has 0 atom stereocenters. The normalized spacial score (nSPS) is 15.5. The lowest BCUT2D eigenvalue weighted by Crippen LogP contribution is -2.27. The van der Waals surface area contributed by atoms with Crippen LogP contribution < -0.4 is 9.64 Å². The molecule has 1 fully saturated rings. The molecule has 2 aromatic rings. The molecule has 1 heterocycles. The van der Waals surface area contributed by atoms with Gasteiger partial charge in [0.15, 0.2) is 0 Å². The smallest absolute Gasteiger partial charge is 0.266 e. The van der Waals surface area contributed by atoms with E-state index in [1.165, 1.54) is 11.8 Å². The Morgan fingerprint density at radius 3 is 2.19 bits per heavy atom. The largest absolute Gasteiger partial charge is 0.494 e. The second-order valence-electron chi connectivity index (χ2n) is 6.00. The monoisotopic (exact) mass is 398 g/mol. The van der Waals surface area contributed by atoms with Gasteiger partial charge < -0.3 is 9.64 Å². The third kappa shape index (κ3) is 4.34. The highest BCUT2D eigenvalue weighted by Gasteiger charge is 2.30. The van der Waals surface area contributed by atoms with Crippen LogP contribution in [0.15, 0.2) is 53.4 Å². The summed E-state index contributed by atoms with van der Waals surface area (Å²) >= 11 is 6.62. The number of likely N-dealkylation sites (N-methyl/N-ethyl adjacent to an activating group) is 1. The third-order valence-corrected chi connectivity index (χ3v) is 5.68. The van der Waals surface area contributed by atoms with Crippen LogP contribution in [0.1, 0.15) is 19.4 Å². The second-order valence-corrected chi connectivity index (χ2v) is 7.68. The minimum absolute atomic E-state index is 0.0110. The molecule has 0 aromatic heterocycles. The lowest BCUT2D eigenvalue weighted by atomic mass is 10.1. The standard InChI is InChI=1S/C21H22N2O2S2/c1-4-23-20(24)19(27-21(23)26)14-15-6-8-16(9-7-15)22(3)17-10-12-18(13-11-17)25-5-2/h6-14H,4-5H2,1-3H3/b19-14+. The van der Waals surface area contributed by atoms with Gasteiger partial charge in [-0.3, -0.25) is 9.69 Å². The summed E-state index contributed by atoms with van der Waals surface area (Å²) in [5.41, 5.74) is 3.13. The minimum atomic E-state index is -0.0110. The Kier molecular flexibility index (Phi) is 6.19. The number of hydrogen-bond donors (Lipinski definition) is 0. The van der Waals surface area contributed by atoms with Crippen molar-refractivity contribution in [2.75, 3.05) is 25.1 Å². The topological polar surface area (TPSA) is 32.8 Å². The van der Waals surface area contributed by atoms with Crippen LogP contribution in [0.3, 0.4) is 0 Å². The highest BCUT2D eigenvalue weighted by molar-refractivity contribution is 8.26. The van der Waals surface area contributed by atoms with E-state index in [0.29, 0.717) is 22.4 Å². The van der Waals surface area contributed by atoms with Crippen LogP contribution >= 0.6 is 24.0 Å². The molecule has 1 amide bonds. The van der Waals surface area contributed by atoms with E-state index in [0.717, 1.165) is 22.7 Å². The number of amides is 1. The zero-order valence-electron chi connectivity index (χ0n) is 15.6. The van der Waals surface area contributed by atoms with Crippen LogP contribution in [-0.2, 0) is 4.79 Å². The number of hydrogen-bond acceptors (Lipinski definition) is 5. The molecule has 1 saturated heterocycles. The Hall–Kier alpha value is -2.31. The molecule has 0 saturated carbocycles. The maximum atomic E-state index is 12.3. The number of thioether (sulfide) groups is 1. The first-order chi connectivity index (χ1) is 13.0. The molecular weight excluding hydrogens is 376 g/mol. The number of nitrogens with zero attached hydrogens (tertiary/aromatic N) is 2. The molecule has 0 N–H and O–H groups in total. The fourth-order valence-electron chi connectivity index (χ4n) is 2.80. The van der Waals surface area contributed by atoms with Crippen LogP contribution in [0, 0.1) is 0 Å². The summed E-state index contributed by atoms with van der Waals surface area (Å²) in [7, 11) is 2.02. The number of benzene rings is 2. The van der Waals surface area contributed by atoms with E-state index in [1.54, 1.807) is 4.90 Å². The fourth-order valence-corrected chi connectivity index (χ4v) is 4.18. The molecule has 1 aliphatic heterocycles. The van der Waals surface area contributed by atoms with Crippen molar-refractivity contribution in [2.45, 2.75) is 13.8 Å². The van der Waals surface area contributed by atoms with Crippen molar-refractivity contribution < 1.29 is 9.53 Å². The average Bonchev–Trinajstić information content (AvgIpc) is 2.95. The Morgan fingerprint density at radius 2 is 1.67 bits per heavy atom. The van der Waals surface area contributed by atoms with Gasteiger partial charge in [-0.15, -0.1) is 0 Å². The van der Waals surface area contributed by atoms with Gasteiger partial charge in [0.2, 0.25) is 0 Å². The fraction of sp³-hybridized carbons (Fsp3) is 0.238. The summed E-state index contributed by atoms with van der Waals surface area (Å²) in [5.74, 6) is 0.859. The van der Waals surface area contributed by atoms with Crippen molar-refractivity contribution in [2.24, 2.45) is 0 Å². The van der Waals surface area contributed by atoms with Crippen molar-refractivity contribution in [1.82, 2.24) is 4.90 Å². The molecule has 1 aliphatic rings. The van der Waals surface area contributed by atoms with Gasteiger partial charge in [0.1, 0.15) is 10.1 Å². The van der Waals surface area contributed by atoms with Gasteiger partial charge in [0.25, 0.3) is 5.91 Å². The molecule has 0 radical (unpaired) electrons. The van der Waals surface area contributed by atoms with Crippen molar-refractivity contribution in [3.63, 3.8) is 0 Å². The first kappa shape index (κ1) is 19.5.